The maximum Gasteiger partial charge on any atom is 2.00 e. The molecule has 2 aromatic heterocycles. The first-order valence-electron chi connectivity index (χ1n) is 9.59. The van der Waals surface area contributed by atoms with Crippen LogP contribution in [0.2, 0.25) is 0 Å². The van der Waals surface area contributed by atoms with Gasteiger partial charge >= 0.3 is 17.1 Å². The summed E-state index contributed by atoms with van der Waals surface area (Å²) < 4.78 is 0. The molecule has 2 radical (unpaired) electrons. The molecule has 0 bridgehead atoms. The van der Waals surface area contributed by atoms with E-state index >= 15 is 0 Å². The Hall–Kier alpha value is -0.153. The number of hydrogen-bond donors (Lipinski definition) is 0. The van der Waals surface area contributed by atoms with Gasteiger partial charge in [0.05, 0.1) is 0 Å². The van der Waals surface area contributed by atoms with Crippen LogP contribution in [0.3, 0.4) is 0 Å². The minimum absolute atomic E-state index is 0. The number of rotatable bonds is 9. The molecule has 2 rings (SSSR count). The van der Waals surface area contributed by atoms with Gasteiger partial charge in [-0.05, 0) is 37.7 Å². The zero-order valence-electron chi connectivity index (χ0n) is 17.6. The summed E-state index contributed by atoms with van der Waals surface area (Å²) in [5.74, 6) is 0. The number of pyridine rings is 2. The zero-order chi connectivity index (χ0) is 18.4. The zero-order valence-corrected chi connectivity index (χ0v) is 19.5. The Labute approximate surface area is 192 Å². The van der Waals surface area contributed by atoms with E-state index in [4.69, 9.17) is 0 Å². The monoisotopic (exact) mass is 428 g/mol. The summed E-state index contributed by atoms with van der Waals surface area (Å²) >= 11 is 0. The Morgan fingerprint density at radius 3 is 1.22 bits per heavy atom. The summed E-state index contributed by atoms with van der Waals surface area (Å²) in [5, 5.41) is 0. The van der Waals surface area contributed by atoms with Crippen molar-refractivity contribution in [2.45, 2.75) is 59.3 Å². The maximum atomic E-state index is 3.73. The van der Waals surface area contributed by atoms with Crippen molar-refractivity contribution in [3.63, 3.8) is 0 Å². The van der Waals surface area contributed by atoms with Gasteiger partial charge in [-0.15, -0.1) is 7.92 Å². The van der Waals surface area contributed by atoms with E-state index in [1.807, 2.05) is 24.3 Å². The van der Waals surface area contributed by atoms with Gasteiger partial charge in [-0.3, -0.25) is 0 Å². The van der Waals surface area contributed by atoms with Gasteiger partial charge in [-0.25, -0.2) is 24.3 Å². The van der Waals surface area contributed by atoms with Crippen LogP contribution < -0.4 is 0 Å². The van der Waals surface area contributed by atoms with E-state index in [1.165, 1.54) is 38.5 Å². The number of hydrogen-bond acceptors (Lipinski definition) is 2. The first-order chi connectivity index (χ1) is 12.3. The van der Waals surface area contributed by atoms with Crippen molar-refractivity contribution in [1.82, 2.24) is 9.97 Å². The van der Waals surface area contributed by atoms with Crippen molar-refractivity contribution in [1.29, 1.82) is 0 Å². The van der Waals surface area contributed by atoms with Crippen LogP contribution in [0.5, 0.6) is 0 Å². The maximum absolute atomic E-state index is 3.73. The second-order valence-corrected chi connectivity index (χ2v) is 8.49. The first-order valence-corrected chi connectivity index (χ1v) is 11.5. The molecule has 0 aliphatic heterocycles. The molecule has 27 heavy (non-hydrogen) atoms. The Morgan fingerprint density at radius 2 is 1.07 bits per heavy atom. The average Bonchev–Trinajstić information content (AvgIpc) is 2.71. The molecule has 0 N–H and O–H groups in total. The summed E-state index contributed by atoms with van der Waals surface area (Å²) in [4.78, 5) is 7.46. The molecule has 0 aromatic carbocycles. The van der Waals surface area contributed by atoms with Crippen molar-refractivity contribution >= 4 is 26.8 Å². The quantitative estimate of drug-likeness (QED) is 0.268. The fraction of sp³-hybridized carbons (Fsp3) is 0.545. The van der Waals surface area contributed by atoms with Crippen LogP contribution in [-0.2, 0) is 17.1 Å². The standard InChI is InChI=1S/C12H27P.2C5H4N.Cu.Li/c1-4-7-10-13(11-8-5-2)12-9-6-3;2*1-2-4-6-5-3-1;;/h4-12H2,1-3H3;2*1-2,4-5H;;/q;2*-1;+2;. The molecule has 2 nitrogen and oxygen atoms in total. The summed E-state index contributed by atoms with van der Waals surface area (Å²) in [7, 11) is 0.422. The molecule has 0 unspecified atom stereocenters. The Kier molecular flexibility index (Phi) is 32.8. The predicted molar refractivity (Wildman–Crippen MR) is 118 cm³/mol. The van der Waals surface area contributed by atoms with Crippen LogP contribution in [0.25, 0.3) is 0 Å². The van der Waals surface area contributed by atoms with E-state index in [2.05, 4.69) is 42.9 Å². The molecule has 0 saturated carbocycles. The molecule has 0 fully saturated rings. The minimum Gasteiger partial charge on any atom is -0.304 e. The number of unbranched alkanes of at least 4 members (excludes halogenated alkanes) is 3. The van der Waals surface area contributed by atoms with Crippen LogP contribution in [0.1, 0.15) is 59.3 Å². The average molecular weight is 429 g/mol. The summed E-state index contributed by atoms with van der Waals surface area (Å²) in [6.45, 7) is 6.94. The van der Waals surface area contributed by atoms with E-state index in [-0.39, 0.29) is 35.9 Å². The fourth-order valence-electron chi connectivity index (χ4n) is 2.04. The fourth-order valence-corrected chi connectivity index (χ4v) is 5.00. The number of aromatic nitrogens is 2. The third-order valence-electron chi connectivity index (χ3n) is 3.51. The van der Waals surface area contributed by atoms with Crippen LogP contribution in [0.15, 0.2) is 49.1 Å². The molecule has 2 aromatic rings. The second-order valence-electron chi connectivity index (χ2n) is 5.81. The largest absolute Gasteiger partial charge is 2.00 e. The van der Waals surface area contributed by atoms with Crippen molar-refractivity contribution in [3.05, 3.63) is 61.2 Å². The van der Waals surface area contributed by atoms with Gasteiger partial charge in [-0.2, -0.15) is 12.1 Å². The molecule has 0 spiro atoms. The summed E-state index contributed by atoms with van der Waals surface area (Å²) in [6, 6.07) is 12.9. The molecule has 150 valence electrons. The molecular weight excluding hydrogens is 394 g/mol. The van der Waals surface area contributed by atoms with Gasteiger partial charge in [0.2, 0.25) is 0 Å². The molecule has 0 saturated heterocycles. The Bertz CT molecular complexity index is 345. The van der Waals surface area contributed by atoms with Crippen molar-refractivity contribution in [3.8, 4) is 0 Å². The van der Waals surface area contributed by atoms with Crippen molar-refractivity contribution in [2.75, 3.05) is 18.5 Å². The van der Waals surface area contributed by atoms with E-state index in [0.717, 1.165) is 0 Å². The molecule has 0 aliphatic rings. The van der Waals surface area contributed by atoms with E-state index < -0.39 is 0 Å². The minimum atomic E-state index is 0. The number of nitrogens with zero attached hydrogens (tertiary/aromatic N) is 2. The van der Waals surface area contributed by atoms with Crippen LogP contribution in [0, 0.1) is 12.1 Å². The van der Waals surface area contributed by atoms with Gasteiger partial charge in [0.25, 0.3) is 0 Å². The normalized spacial score (nSPS) is 8.89. The molecular formula is C22H35CuLiN2P. The van der Waals surface area contributed by atoms with Gasteiger partial charge in [-0.1, -0.05) is 64.8 Å². The van der Waals surface area contributed by atoms with Crippen molar-refractivity contribution < 1.29 is 17.1 Å². The molecule has 0 aliphatic carbocycles. The van der Waals surface area contributed by atoms with Gasteiger partial charge in [0, 0.05) is 18.9 Å². The van der Waals surface area contributed by atoms with Crippen molar-refractivity contribution in [2.24, 2.45) is 0 Å². The second kappa shape index (κ2) is 28.1. The van der Waals surface area contributed by atoms with Crippen LogP contribution >= 0.6 is 7.92 Å². The SMILES string of the molecule is CCCCP(CCCC)CCCC.[Cu+2].[Li].[c-]1cccnc1.[c-]1cccnc1. The topological polar surface area (TPSA) is 25.8 Å². The smallest absolute Gasteiger partial charge is 0.304 e. The Balaban J connectivity index is -0.000000343. The van der Waals surface area contributed by atoms with Gasteiger partial charge in [0.15, 0.2) is 0 Å². The van der Waals surface area contributed by atoms with Gasteiger partial charge in [0.1, 0.15) is 0 Å². The summed E-state index contributed by atoms with van der Waals surface area (Å²) in [5.41, 5.74) is 0. The van der Waals surface area contributed by atoms with Gasteiger partial charge < -0.3 is 9.97 Å². The predicted octanol–water partition coefficient (Wildman–Crippen LogP) is 6.25. The van der Waals surface area contributed by atoms with Crippen LogP contribution in [-0.4, -0.2) is 47.3 Å². The molecule has 5 heteroatoms. The van der Waals surface area contributed by atoms with E-state index in [9.17, 15) is 0 Å². The summed E-state index contributed by atoms with van der Waals surface area (Å²) in [6.07, 6.45) is 19.9. The molecule has 2 heterocycles. The molecule has 0 atom stereocenters. The third kappa shape index (κ3) is 25.8. The molecule has 0 amide bonds. The van der Waals surface area contributed by atoms with Crippen LogP contribution in [0.4, 0.5) is 0 Å². The van der Waals surface area contributed by atoms with E-state index in [1.54, 1.807) is 43.3 Å². The van der Waals surface area contributed by atoms with E-state index in [0.29, 0.717) is 7.92 Å². The third-order valence-corrected chi connectivity index (χ3v) is 6.36. The first kappa shape index (κ1) is 31.5. The Morgan fingerprint density at radius 1 is 0.704 bits per heavy atom.